The number of rotatable bonds is 6. The van der Waals surface area contributed by atoms with E-state index in [1.807, 2.05) is 28.9 Å². The summed E-state index contributed by atoms with van der Waals surface area (Å²) >= 11 is 0. The van der Waals surface area contributed by atoms with Crippen molar-refractivity contribution < 1.29 is 4.79 Å². The van der Waals surface area contributed by atoms with Crippen LogP contribution in [0.15, 0.2) is 42.9 Å². The number of anilines is 1. The molecule has 1 N–H and O–H groups in total. The first kappa shape index (κ1) is 19.0. The molecule has 3 aromatic heterocycles. The first-order valence-electron chi connectivity index (χ1n) is 10.7. The second-order valence-electron chi connectivity index (χ2n) is 8.27. The quantitative estimate of drug-likeness (QED) is 0.629. The monoisotopic (exact) mass is 405 g/mol. The Morgan fingerprint density at radius 2 is 2.10 bits per heavy atom. The Kier molecular flexibility index (Phi) is 5.08. The van der Waals surface area contributed by atoms with Gasteiger partial charge in [-0.15, -0.1) is 0 Å². The number of carbonyl (C=O) groups excluding carboxylic acids is 1. The molecule has 30 heavy (non-hydrogen) atoms. The fraction of sp³-hybridized carbons (Fsp3) is 0.455. The van der Waals surface area contributed by atoms with Crippen molar-refractivity contribution in [1.82, 2.24) is 29.8 Å². The molecule has 2 atom stereocenters. The van der Waals surface area contributed by atoms with E-state index >= 15 is 0 Å². The van der Waals surface area contributed by atoms with E-state index < -0.39 is 0 Å². The second-order valence-corrected chi connectivity index (χ2v) is 8.27. The molecular formula is C22H27N7O. The zero-order chi connectivity index (χ0) is 20.5. The molecule has 2 fully saturated rings. The zero-order valence-electron chi connectivity index (χ0n) is 17.2. The Hall–Kier alpha value is -3.00. The molecule has 8 heteroatoms. The summed E-state index contributed by atoms with van der Waals surface area (Å²) in [7, 11) is 0. The van der Waals surface area contributed by atoms with Crippen molar-refractivity contribution in [2.75, 3.05) is 31.1 Å². The van der Waals surface area contributed by atoms with Gasteiger partial charge in [-0.3, -0.25) is 4.79 Å². The molecular weight excluding hydrogens is 378 g/mol. The number of aryl methyl sites for hydroxylation is 1. The SMILES string of the molecule is Cc1ccc(N2CCN3C(=O)C(CCNCc4cccc5ncnn45)C[C@H]3C2)nc1. The van der Waals surface area contributed by atoms with E-state index in [1.165, 1.54) is 5.56 Å². The highest BCUT2D eigenvalue weighted by Crippen LogP contribution is 2.31. The topological polar surface area (TPSA) is 78.7 Å². The highest BCUT2D eigenvalue weighted by atomic mass is 16.2. The summed E-state index contributed by atoms with van der Waals surface area (Å²) in [6.07, 6.45) is 5.28. The molecule has 156 valence electrons. The highest BCUT2D eigenvalue weighted by molar-refractivity contribution is 5.82. The number of nitrogens with one attached hydrogen (secondary N) is 1. The largest absolute Gasteiger partial charge is 0.353 e. The smallest absolute Gasteiger partial charge is 0.226 e. The average Bonchev–Trinajstić information content (AvgIpc) is 3.36. The lowest BCUT2D eigenvalue weighted by molar-refractivity contribution is -0.132. The number of hydrogen-bond acceptors (Lipinski definition) is 6. The number of nitrogens with zero attached hydrogens (tertiary/aromatic N) is 6. The fourth-order valence-electron chi connectivity index (χ4n) is 4.64. The zero-order valence-corrected chi connectivity index (χ0v) is 17.2. The first-order chi connectivity index (χ1) is 14.7. The maximum absolute atomic E-state index is 12.9. The summed E-state index contributed by atoms with van der Waals surface area (Å²) in [5, 5.41) is 7.74. The van der Waals surface area contributed by atoms with Crippen molar-refractivity contribution in [1.29, 1.82) is 0 Å². The number of amides is 1. The van der Waals surface area contributed by atoms with Crippen molar-refractivity contribution in [3.8, 4) is 0 Å². The van der Waals surface area contributed by atoms with Crippen molar-refractivity contribution >= 4 is 17.4 Å². The first-order valence-corrected chi connectivity index (χ1v) is 10.7. The minimum atomic E-state index is 0.107. The maximum atomic E-state index is 12.9. The van der Waals surface area contributed by atoms with Crippen molar-refractivity contribution in [3.05, 3.63) is 54.1 Å². The summed E-state index contributed by atoms with van der Waals surface area (Å²) in [6, 6.07) is 10.5. The molecule has 2 saturated heterocycles. The normalized spacial score (nSPS) is 21.4. The molecule has 2 aliphatic heterocycles. The molecule has 0 bridgehead atoms. The molecule has 0 aliphatic carbocycles. The van der Waals surface area contributed by atoms with Gasteiger partial charge in [0.2, 0.25) is 5.91 Å². The van der Waals surface area contributed by atoms with Crippen LogP contribution in [0.2, 0.25) is 0 Å². The minimum absolute atomic E-state index is 0.107. The van der Waals surface area contributed by atoms with Crippen LogP contribution in [0.3, 0.4) is 0 Å². The Morgan fingerprint density at radius 3 is 2.97 bits per heavy atom. The van der Waals surface area contributed by atoms with Crippen molar-refractivity contribution in [2.45, 2.75) is 32.4 Å². The van der Waals surface area contributed by atoms with Crippen molar-refractivity contribution in [2.24, 2.45) is 5.92 Å². The van der Waals surface area contributed by atoms with Crippen molar-refractivity contribution in [3.63, 3.8) is 0 Å². The van der Waals surface area contributed by atoms with Gasteiger partial charge in [0.1, 0.15) is 12.1 Å². The van der Waals surface area contributed by atoms with Gasteiger partial charge in [-0.25, -0.2) is 14.5 Å². The van der Waals surface area contributed by atoms with Gasteiger partial charge in [0.25, 0.3) is 0 Å². The van der Waals surface area contributed by atoms with Crippen LogP contribution in [0.1, 0.15) is 24.1 Å². The van der Waals surface area contributed by atoms with Gasteiger partial charge in [0, 0.05) is 38.3 Å². The average molecular weight is 406 g/mol. The lowest BCUT2D eigenvalue weighted by Gasteiger charge is -2.38. The summed E-state index contributed by atoms with van der Waals surface area (Å²) < 4.78 is 1.85. The maximum Gasteiger partial charge on any atom is 0.226 e. The predicted molar refractivity (Wildman–Crippen MR) is 114 cm³/mol. The molecule has 0 saturated carbocycles. The predicted octanol–water partition coefficient (Wildman–Crippen LogP) is 1.65. The number of fused-ring (bicyclic) bond motifs is 2. The van der Waals surface area contributed by atoms with Crippen LogP contribution in [0, 0.1) is 12.8 Å². The summed E-state index contributed by atoms with van der Waals surface area (Å²) in [4.78, 5) is 26.1. The molecule has 3 aromatic rings. The number of carbonyl (C=O) groups is 1. The third kappa shape index (κ3) is 3.63. The van der Waals surface area contributed by atoms with Crippen LogP contribution in [0.4, 0.5) is 5.82 Å². The van der Waals surface area contributed by atoms with E-state index in [9.17, 15) is 4.79 Å². The second kappa shape index (κ2) is 8.02. The fourth-order valence-corrected chi connectivity index (χ4v) is 4.64. The minimum Gasteiger partial charge on any atom is -0.353 e. The highest BCUT2D eigenvalue weighted by Gasteiger charge is 2.42. The number of pyridine rings is 2. The van der Waals surface area contributed by atoms with E-state index in [-0.39, 0.29) is 5.92 Å². The van der Waals surface area contributed by atoms with Crippen LogP contribution < -0.4 is 10.2 Å². The van der Waals surface area contributed by atoms with Gasteiger partial charge in [-0.1, -0.05) is 12.1 Å². The van der Waals surface area contributed by atoms with Crippen LogP contribution in [0.5, 0.6) is 0 Å². The Labute approximate surface area is 175 Å². The molecule has 0 spiro atoms. The van der Waals surface area contributed by atoms with E-state index in [4.69, 9.17) is 0 Å². The molecule has 5 rings (SSSR count). The number of hydrogen-bond donors (Lipinski definition) is 1. The van der Waals surface area contributed by atoms with Crippen LogP contribution in [-0.4, -0.2) is 62.6 Å². The Bertz CT molecular complexity index is 1030. The van der Waals surface area contributed by atoms with Gasteiger partial charge in [0.05, 0.1) is 11.7 Å². The molecule has 1 unspecified atom stereocenters. The van der Waals surface area contributed by atoms with Crippen LogP contribution in [-0.2, 0) is 11.3 Å². The van der Waals surface area contributed by atoms with E-state index in [0.29, 0.717) is 18.5 Å². The summed E-state index contributed by atoms with van der Waals surface area (Å²) in [5.74, 6) is 1.44. The molecule has 8 nitrogen and oxygen atoms in total. The van der Waals surface area contributed by atoms with Gasteiger partial charge in [0.15, 0.2) is 5.65 Å². The van der Waals surface area contributed by atoms with Crippen LogP contribution in [0.25, 0.3) is 5.65 Å². The lowest BCUT2D eigenvalue weighted by Crippen LogP contribution is -2.51. The van der Waals surface area contributed by atoms with Gasteiger partial charge in [-0.2, -0.15) is 5.10 Å². The summed E-state index contributed by atoms with van der Waals surface area (Å²) in [5.41, 5.74) is 3.09. The summed E-state index contributed by atoms with van der Waals surface area (Å²) in [6.45, 7) is 6.09. The Morgan fingerprint density at radius 1 is 1.17 bits per heavy atom. The molecule has 0 radical (unpaired) electrons. The lowest BCUT2D eigenvalue weighted by atomic mass is 10.0. The number of aromatic nitrogens is 4. The van der Waals surface area contributed by atoms with E-state index in [1.54, 1.807) is 6.33 Å². The number of piperazine rings is 1. The van der Waals surface area contributed by atoms with Gasteiger partial charge >= 0.3 is 0 Å². The van der Waals surface area contributed by atoms with E-state index in [2.05, 4.69) is 49.2 Å². The van der Waals surface area contributed by atoms with Gasteiger partial charge < -0.3 is 15.1 Å². The standard InChI is InChI=1S/C22H27N7O/c1-16-5-6-20(24-12-16)27-9-10-28-19(14-27)11-17(22(28)30)7-8-23-13-18-3-2-4-21-25-15-26-29(18)21/h2-6,12,15,17,19,23H,7-11,13-14H2,1H3/t17?,19-/m0/s1. The Balaban J connectivity index is 1.14. The molecule has 1 amide bonds. The third-order valence-corrected chi connectivity index (χ3v) is 6.25. The molecule has 5 heterocycles. The molecule has 0 aromatic carbocycles. The van der Waals surface area contributed by atoms with Gasteiger partial charge in [-0.05, 0) is 50.1 Å². The third-order valence-electron chi connectivity index (χ3n) is 6.25. The van der Waals surface area contributed by atoms with Crippen LogP contribution >= 0.6 is 0 Å². The van der Waals surface area contributed by atoms with E-state index in [0.717, 1.165) is 56.2 Å². The molecule has 2 aliphatic rings.